The summed E-state index contributed by atoms with van der Waals surface area (Å²) in [6, 6.07) is -0.649. The van der Waals surface area contributed by atoms with Gasteiger partial charge in [-0.3, -0.25) is 9.59 Å². The number of amides is 1. The number of aliphatic hydroxyl groups is 2. The molecule has 55 heavy (non-hydrogen) atoms. The molecular formula is C49H91NO5. The Hall–Kier alpha value is -1.92. The fourth-order valence-corrected chi connectivity index (χ4v) is 6.96. The zero-order chi connectivity index (χ0) is 40.1. The van der Waals surface area contributed by atoms with Crippen molar-refractivity contribution >= 4 is 11.9 Å². The lowest BCUT2D eigenvalue weighted by Gasteiger charge is -2.20. The smallest absolute Gasteiger partial charge is 0.305 e. The Kier molecular flexibility index (Phi) is 43.2. The summed E-state index contributed by atoms with van der Waals surface area (Å²) in [5.41, 5.74) is 0. The first-order valence-corrected chi connectivity index (χ1v) is 23.8. The van der Waals surface area contributed by atoms with E-state index in [4.69, 9.17) is 4.74 Å². The van der Waals surface area contributed by atoms with Crippen LogP contribution in [0.15, 0.2) is 36.5 Å². The van der Waals surface area contributed by atoms with Gasteiger partial charge in [-0.15, -0.1) is 0 Å². The number of rotatable bonds is 43. The van der Waals surface area contributed by atoms with E-state index in [-0.39, 0.29) is 18.5 Å². The summed E-state index contributed by atoms with van der Waals surface area (Å²) in [4.78, 5) is 24.4. The lowest BCUT2D eigenvalue weighted by Crippen LogP contribution is -2.45. The van der Waals surface area contributed by atoms with Gasteiger partial charge >= 0.3 is 5.97 Å². The summed E-state index contributed by atoms with van der Waals surface area (Å²) < 4.78 is 5.42. The van der Waals surface area contributed by atoms with Crippen molar-refractivity contribution in [3.05, 3.63) is 36.5 Å². The number of allylic oxidation sites excluding steroid dienone is 5. The molecule has 0 aromatic heterocycles. The van der Waals surface area contributed by atoms with Gasteiger partial charge in [-0.2, -0.15) is 0 Å². The Morgan fingerprint density at radius 3 is 1.45 bits per heavy atom. The minimum absolute atomic E-state index is 0.0433. The Morgan fingerprint density at radius 1 is 0.509 bits per heavy atom. The average molecular weight is 774 g/mol. The standard InChI is InChI=1S/C49H91NO5/c1-3-5-7-9-11-13-15-17-18-19-21-22-25-29-33-37-41-47(52)46(45-51)50-48(53)42-38-34-30-26-24-28-32-36-40-44-55-49(54)43-39-35-31-27-23-20-16-14-12-10-8-6-4-2/h8,10,14,16,37,41,46-47,51-52H,3-7,9,11-13,15,17-36,38-40,42-45H2,1-2H3,(H,50,53)/b10-8-,16-14-,41-37+. The molecule has 3 N–H and O–H groups in total. The number of ether oxygens (including phenoxy) is 1. The maximum Gasteiger partial charge on any atom is 0.305 e. The first-order chi connectivity index (χ1) is 27.0. The van der Waals surface area contributed by atoms with E-state index >= 15 is 0 Å². The Bertz CT molecular complexity index is 900. The van der Waals surface area contributed by atoms with Crippen LogP contribution >= 0.6 is 0 Å². The predicted molar refractivity (Wildman–Crippen MR) is 236 cm³/mol. The molecule has 2 atom stereocenters. The fraction of sp³-hybridized carbons (Fsp3) is 0.837. The second kappa shape index (κ2) is 44.8. The van der Waals surface area contributed by atoms with Crippen LogP contribution in [0.25, 0.3) is 0 Å². The summed E-state index contributed by atoms with van der Waals surface area (Å²) in [6.45, 7) is 4.76. The van der Waals surface area contributed by atoms with E-state index in [1.54, 1.807) is 6.08 Å². The third-order valence-electron chi connectivity index (χ3n) is 10.6. The molecule has 0 aromatic carbocycles. The number of carbonyl (C=O) groups is 2. The van der Waals surface area contributed by atoms with Gasteiger partial charge in [-0.05, 0) is 57.8 Å². The maximum atomic E-state index is 12.4. The largest absolute Gasteiger partial charge is 0.466 e. The number of aliphatic hydroxyl groups excluding tert-OH is 2. The molecule has 2 unspecified atom stereocenters. The maximum absolute atomic E-state index is 12.4. The fourth-order valence-electron chi connectivity index (χ4n) is 6.96. The topological polar surface area (TPSA) is 95.9 Å². The predicted octanol–water partition coefficient (Wildman–Crippen LogP) is 13.7. The van der Waals surface area contributed by atoms with E-state index in [0.29, 0.717) is 19.4 Å². The number of hydrogen-bond acceptors (Lipinski definition) is 5. The second-order valence-corrected chi connectivity index (χ2v) is 16.1. The number of esters is 1. The summed E-state index contributed by atoms with van der Waals surface area (Å²) in [5, 5.41) is 23.0. The summed E-state index contributed by atoms with van der Waals surface area (Å²) >= 11 is 0. The van der Waals surface area contributed by atoms with Gasteiger partial charge in [0.25, 0.3) is 0 Å². The van der Waals surface area contributed by atoms with Crippen LogP contribution in [0, 0.1) is 0 Å². The Labute approximate surface area is 341 Å². The normalized spacial score (nSPS) is 13.0. The summed E-state index contributed by atoms with van der Waals surface area (Å²) in [6.07, 6.45) is 52.7. The molecule has 0 bridgehead atoms. The molecule has 0 heterocycles. The van der Waals surface area contributed by atoms with Crippen LogP contribution in [0.4, 0.5) is 0 Å². The van der Waals surface area contributed by atoms with Gasteiger partial charge in [-0.1, -0.05) is 204 Å². The third-order valence-corrected chi connectivity index (χ3v) is 10.6. The SMILES string of the molecule is CCC/C=C\C/C=C\CCCCCCCC(=O)OCCCCCCCCCCCC(=O)NC(CO)C(O)/C=C/CCCCCCCCCCCCCCCC. The van der Waals surface area contributed by atoms with E-state index in [0.717, 1.165) is 70.6 Å². The monoisotopic (exact) mass is 774 g/mol. The summed E-state index contributed by atoms with van der Waals surface area (Å²) in [7, 11) is 0. The molecule has 0 saturated carbocycles. The van der Waals surface area contributed by atoms with E-state index < -0.39 is 12.1 Å². The number of nitrogens with one attached hydrogen (secondary N) is 1. The zero-order valence-corrected chi connectivity index (χ0v) is 36.4. The minimum atomic E-state index is -0.862. The van der Waals surface area contributed by atoms with Crippen molar-refractivity contribution in [2.24, 2.45) is 0 Å². The van der Waals surface area contributed by atoms with Crippen LogP contribution in [0.2, 0.25) is 0 Å². The van der Waals surface area contributed by atoms with E-state index in [2.05, 4.69) is 43.5 Å². The molecule has 0 aliphatic rings. The highest BCUT2D eigenvalue weighted by Gasteiger charge is 2.18. The van der Waals surface area contributed by atoms with Crippen molar-refractivity contribution in [1.29, 1.82) is 0 Å². The minimum Gasteiger partial charge on any atom is -0.466 e. The second-order valence-electron chi connectivity index (χ2n) is 16.1. The lowest BCUT2D eigenvalue weighted by molar-refractivity contribution is -0.143. The van der Waals surface area contributed by atoms with Crippen molar-refractivity contribution in [1.82, 2.24) is 5.32 Å². The quantitative estimate of drug-likeness (QED) is 0.0326. The molecule has 0 rings (SSSR count). The highest BCUT2D eigenvalue weighted by Crippen LogP contribution is 2.15. The van der Waals surface area contributed by atoms with Crippen molar-refractivity contribution in [3.8, 4) is 0 Å². The molecule has 6 nitrogen and oxygen atoms in total. The molecule has 322 valence electrons. The molecule has 6 heteroatoms. The number of carbonyl (C=O) groups excluding carboxylic acids is 2. The number of hydrogen-bond donors (Lipinski definition) is 3. The molecule has 0 aromatic rings. The van der Waals surface area contributed by atoms with Crippen LogP contribution in [-0.2, 0) is 14.3 Å². The van der Waals surface area contributed by atoms with Crippen LogP contribution in [0.5, 0.6) is 0 Å². The van der Waals surface area contributed by atoms with E-state index in [1.165, 1.54) is 141 Å². The van der Waals surface area contributed by atoms with E-state index in [9.17, 15) is 19.8 Å². The highest BCUT2D eigenvalue weighted by molar-refractivity contribution is 5.76. The first-order valence-electron chi connectivity index (χ1n) is 23.8. The van der Waals surface area contributed by atoms with Crippen molar-refractivity contribution in [3.63, 3.8) is 0 Å². The van der Waals surface area contributed by atoms with Crippen LogP contribution < -0.4 is 5.32 Å². The van der Waals surface area contributed by atoms with E-state index in [1.807, 2.05) is 6.08 Å². The first kappa shape index (κ1) is 53.1. The molecule has 1 amide bonds. The zero-order valence-electron chi connectivity index (χ0n) is 36.4. The van der Waals surface area contributed by atoms with Crippen molar-refractivity contribution in [2.45, 2.75) is 251 Å². The van der Waals surface area contributed by atoms with Gasteiger partial charge in [0.2, 0.25) is 5.91 Å². The molecule has 0 radical (unpaired) electrons. The molecular weight excluding hydrogens is 683 g/mol. The molecule has 0 fully saturated rings. The van der Waals surface area contributed by atoms with Gasteiger partial charge in [0.15, 0.2) is 0 Å². The van der Waals surface area contributed by atoms with Gasteiger partial charge in [0.05, 0.1) is 25.4 Å². The number of unbranched alkanes of at least 4 members (excludes halogenated alkanes) is 28. The van der Waals surface area contributed by atoms with Crippen LogP contribution in [-0.4, -0.2) is 47.4 Å². The molecule has 0 aliphatic heterocycles. The van der Waals surface area contributed by atoms with Crippen LogP contribution in [0.3, 0.4) is 0 Å². The van der Waals surface area contributed by atoms with Gasteiger partial charge in [0, 0.05) is 12.8 Å². The molecule has 0 spiro atoms. The Balaban J connectivity index is 3.56. The van der Waals surface area contributed by atoms with Crippen molar-refractivity contribution in [2.75, 3.05) is 13.2 Å². The summed E-state index contributed by atoms with van der Waals surface area (Å²) in [5.74, 6) is -0.141. The van der Waals surface area contributed by atoms with Gasteiger partial charge in [0.1, 0.15) is 0 Å². The third kappa shape index (κ3) is 41.5. The lowest BCUT2D eigenvalue weighted by atomic mass is 10.0. The average Bonchev–Trinajstić information content (AvgIpc) is 3.18. The van der Waals surface area contributed by atoms with Gasteiger partial charge in [-0.25, -0.2) is 0 Å². The molecule has 0 saturated heterocycles. The molecule has 0 aliphatic carbocycles. The van der Waals surface area contributed by atoms with Gasteiger partial charge < -0.3 is 20.3 Å². The van der Waals surface area contributed by atoms with Crippen molar-refractivity contribution < 1.29 is 24.5 Å². The highest BCUT2D eigenvalue weighted by atomic mass is 16.5. The van der Waals surface area contributed by atoms with Crippen LogP contribution in [0.1, 0.15) is 239 Å². The Morgan fingerprint density at radius 2 is 0.945 bits per heavy atom.